The first-order chi connectivity index (χ1) is 8.45. The van der Waals surface area contributed by atoms with Crippen LogP contribution in [-0.4, -0.2) is 23.9 Å². The maximum absolute atomic E-state index is 12.1. The topological polar surface area (TPSA) is 99.2 Å². The number of benzene rings is 1. The number of amides is 2. The summed E-state index contributed by atoms with van der Waals surface area (Å²) in [7, 11) is 1.48. The highest BCUT2D eigenvalue weighted by Crippen LogP contribution is 2.34. The molecule has 6 nitrogen and oxygen atoms in total. The molecule has 18 heavy (non-hydrogen) atoms. The molecule has 1 aromatic rings. The van der Waals surface area contributed by atoms with Crippen LogP contribution >= 0.6 is 0 Å². The molecule has 0 unspecified atom stereocenters. The van der Waals surface area contributed by atoms with Gasteiger partial charge in [-0.1, -0.05) is 0 Å². The van der Waals surface area contributed by atoms with E-state index < -0.39 is 11.8 Å². The highest BCUT2D eigenvalue weighted by atomic mass is 16.2. The zero-order chi connectivity index (χ0) is 13.6. The monoisotopic (exact) mass is 244 g/mol. The quantitative estimate of drug-likeness (QED) is 0.553. The summed E-state index contributed by atoms with van der Waals surface area (Å²) in [4.78, 5) is 24.1. The molecule has 92 valence electrons. The second kappa shape index (κ2) is 3.82. The zero-order valence-electron chi connectivity index (χ0n) is 10.3. The van der Waals surface area contributed by atoms with Crippen LogP contribution < -0.4 is 11.2 Å². The number of carbonyl (C=O) groups is 2. The number of hydrogen-bond acceptors (Lipinski definition) is 5. The molecule has 2 rings (SSSR count). The molecule has 1 aliphatic heterocycles. The molecule has 0 spiro atoms. The van der Waals surface area contributed by atoms with Gasteiger partial charge in [0, 0.05) is 7.05 Å². The van der Waals surface area contributed by atoms with E-state index >= 15 is 0 Å². The van der Waals surface area contributed by atoms with E-state index in [1.165, 1.54) is 7.05 Å². The molecule has 1 heterocycles. The van der Waals surface area contributed by atoms with Gasteiger partial charge in [-0.3, -0.25) is 9.59 Å². The van der Waals surface area contributed by atoms with Crippen molar-refractivity contribution in [3.8, 4) is 6.07 Å². The van der Waals surface area contributed by atoms with Crippen molar-refractivity contribution in [1.82, 2.24) is 10.4 Å². The van der Waals surface area contributed by atoms with Gasteiger partial charge in [-0.2, -0.15) is 5.26 Å². The first-order valence-electron chi connectivity index (χ1n) is 5.34. The average Bonchev–Trinajstić information content (AvgIpc) is 2.59. The number of nitrogens with two attached hydrogens (primary N) is 1. The Kier molecular flexibility index (Phi) is 2.56. The number of nitriles is 1. The molecular formula is C12H12N4O2. The largest absolute Gasteiger partial charge is 0.397 e. The van der Waals surface area contributed by atoms with Crippen LogP contribution in [0.1, 0.15) is 37.4 Å². The number of rotatable bonds is 1. The average molecular weight is 244 g/mol. The Hall–Kier alpha value is -2.39. The smallest absolute Gasteiger partial charge is 0.278 e. The van der Waals surface area contributed by atoms with Crippen molar-refractivity contribution < 1.29 is 9.59 Å². The maximum Gasteiger partial charge on any atom is 0.278 e. The van der Waals surface area contributed by atoms with E-state index in [9.17, 15) is 9.59 Å². The molecule has 2 amide bonds. The predicted octanol–water partition coefficient (Wildman–Crippen LogP) is 0.488. The highest BCUT2D eigenvalue weighted by molar-refractivity contribution is 6.24. The third kappa shape index (κ3) is 1.25. The Labute approximate surface area is 104 Å². The van der Waals surface area contributed by atoms with Crippen LogP contribution in [0.15, 0.2) is 0 Å². The van der Waals surface area contributed by atoms with E-state index in [1.807, 2.05) is 6.07 Å². The molecule has 6 heteroatoms. The number of hydrazine groups is 1. The summed E-state index contributed by atoms with van der Waals surface area (Å²) in [6, 6.07) is 1.97. The molecule has 1 aromatic carbocycles. The molecule has 0 aliphatic carbocycles. The van der Waals surface area contributed by atoms with Crippen LogP contribution in [0.2, 0.25) is 0 Å². The standard InChI is InChI=1S/C12H12N4O2/c1-5-6(2)8-9(10(14)7(5)4-13)12(18)16(15-3)11(8)17/h15H,14H2,1-3H3. The van der Waals surface area contributed by atoms with Crippen molar-refractivity contribution >= 4 is 17.5 Å². The second-order valence-electron chi connectivity index (χ2n) is 4.07. The minimum absolute atomic E-state index is 0.0756. The molecular weight excluding hydrogens is 232 g/mol. The Bertz CT molecular complexity index is 628. The molecule has 0 saturated carbocycles. The number of fused-ring (bicyclic) bond motifs is 1. The first kappa shape index (κ1) is 12.1. The van der Waals surface area contributed by atoms with E-state index in [0.717, 1.165) is 5.01 Å². The van der Waals surface area contributed by atoms with Crippen LogP contribution in [0.4, 0.5) is 5.69 Å². The van der Waals surface area contributed by atoms with Crippen LogP contribution in [0.3, 0.4) is 0 Å². The van der Waals surface area contributed by atoms with Gasteiger partial charge < -0.3 is 5.73 Å². The summed E-state index contributed by atoms with van der Waals surface area (Å²) < 4.78 is 0. The Morgan fingerprint density at radius 1 is 1.17 bits per heavy atom. The number of carbonyl (C=O) groups excluding carboxylic acids is 2. The summed E-state index contributed by atoms with van der Waals surface area (Å²) in [5.74, 6) is -0.955. The first-order valence-corrected chi connectivity index (χ1v) is 5.34. The molecule has 0 atom stereocenters. The Morgan fingerprint density at radius 3 is 2.22 bits per heavy atom. The molecule has 0 aromatic heterocycles. The molecule has 0 saturated heterocycles. The number of nitrogens with zero attached hydrogens (tertiary/aromatic N) is 2. The summed E-state index contributed by atoms with van der Waals surface area (Å²) >= 11 is 0. The van der Waals surface area contributed by atoms with Gasteiger partial charge in [0.05, 0.1) is 22.4 Å². The van der Waals surface area contributed by atoms with Gasteiger partial charge >= 0.3 is 0 Å². The Balaban J connectivity index is 2.88. The summed E-state index contributed by atoms with van der Waals surface area (Å²) in [6.07, 6.45) is 0. The lowest BCUT2D eigenvalue weighted by Gasteiger charge is -2.10. The molecule has 1 aliphatic rings. The number of nitrogen functional groups attached to an aromatic ring is 1. The Morgan fingerprint density at radius 2 is 1.72 bits per heavy atom. The van der Waals surface area contributed by atoms with Crippen LogP contribution in [0.25, 0.3) is 0 Å². The van der Waals surface area contributed by atoms with Gasteiger partial charge in [-0.15, -0.1) is 0 Å². The van der Waals surface area contributed by atoms with E-state index in [-0.39, 0.29) is 22.4 Å². The van der Waals surface area contributed by atoms with Crippen molar-refractivity contribution in [2.75, 3.05) is 12.8 Å². The summed E-state index contributed by atoms with van der Waals surface area (Å²) in [6.45, 7) is 3.42. The van der Waals surface area contributed by atoms with Gasteiger partial charge in [0.2, 0.25) is 0 Å². The van der Waals surface area contributed by atoms with E-state index in [2.05, 4.69) is 5.43 Å². The number of anilines is 1. The molecule has 3 N–H and O–H groups in total. The van der Waals surface area contributed by atoms with E-state index in [0.29, 0.717) is 11.1 Å². The van der Waals surface area contributed by atoms with Gasteiger partial charge in [-0.25, -0.2) is 10.4 Å². The number of hydrogen-bond donors (Lipinski definition) is 2. The van der Waals surface area contributed by atoms with Crippen molar-refractivity contribution in [3.05, 3.63) is 27.8 Å². The highest BCUT2D eigenvalue weighted by Gasteiger charge is 2.39. The molecule has 0 radical (unpaired) electrons. The maximum atomic E-state index is 12.1. The van der Waals surface area contributed by atoms with Gasteiger partial charge in [-0.05, 0) is 25.0 Å². The molecule has 0 bridgehead atoms. The summed E-state index contributed by atoms with van der Waals surface area (Å²) in [5.41, 5.74) is 10.3. The van der Waals surface area contributed by atoms with Crippen molar-refractivity contribution in [1.29, 1.82) is 5.26 Å². The number of imide groups is 1. The van der Waals surface area contributed by atoms with Gasteiger partial charge in [0.1, 0.15) is 6.07 Å². The van der Waals surface area contributed by atoms with Crippen LogP contribution in [0, 0.1) is 25.2 Å². The second-order valence-corrected chi connectivity index (χ2v) is 4.07. The zero-order valence-corrected chi connectivity index (χ0v) is 10.3. The minimum atomic E-state index is -0.519. The van der Waals surface area contributed by atoms with Crippen molar-refractivity contribution in [2.24, 2.45) is 0 Å². The van der Waals surface area contributed by atoms with Gasteiger partial charge in [0.15, 0.2) is 0 Å². The predicted molar refractivity (Wildman–Crippen MR) is 64.6 cm³/mol. The van der Waals surface area contributed by atoms with Crippen LogP contribution in [0.5, 0.6) is 0 Å². The van der Waals surface area contributed by atoms with E-state index in [1.54, 1.807) is 13.8 Å². The third-order valence-corrected chi connectivity index (χ3v) is 3.27. The van der Waals surface area contributed by atoms with Crippen molar-refractivity contribution in [2.45, 2.75) is 13.8 Å². The minimum Gasteiger partial charge on any atom is -0.397 e. The number of nitrogens with one attached hydrogen (secondary N) is 1. The van der Waals surface area contributed by atoms with Gasteiger partial charge in [0.25, 0.3) is 11.8 Å². The van der Waals surface area contributed by atoms with Crippen LogP contribution in [-0.2, 0) is 0 Å². The fourth-order valence-electron chi connectivity index (χ4n) is 2.18. The van der Waals surface area contributed by atoms with E-state index in [4.69, 9.17) is 11.0 Å². The lowest BCUT2D eigenvalue weighted by atomic mass is 9.92. The normalized spacial score (nSPS) is 13.8. The SMILES string of the molecule is CNN1C(=O)c2c(C)c(C)c(C#N)c(N)c2C1=O. The fraction of sp³-hybridized carbons (Fsp3) is 0.250. The fourth-order valence-corrected chi connectivity index (χ4v) is 2.18. The molecule has 0 fully saturated rings. The lowest BCUT2D eigenvalue weighted by Crippen LogP contribution is -2.39. The lowest BCUT2D eigenvalue weighted by molar-refractivity contribution is 0.0586. The summed E-state index contributed by atoms with van der Waals surface area (Å²) in [5, 5.41) is 9.97. The third-order valence-electron chi connectivity index (χ3n) is 3.27. The van der Waals surface area contributed by atoms with Crippen molar-refractivity contribution in [3.63, 3.8) is 0 Å².